The molecule has 102 valence electrons. The van der Waals surface area contributed by atoms with Crippen molar-refractivity contribution in [3.63, 3.8) is 0 Å². The summed E-state index contributed by atoms with van der Waals surface area (Å²) >= 11 is 0. The van der Waals surface area contributed by atoms with Crippen LogP contribution in [0.2, 0.25) is 0 Å². The van der Waals surface area contributed by atoms with Crippen molar-refractivity contribution in [2.45, 2.75) is 0 Å². The number of hydrogen-bond acceptors (Lipinski definition) is 4. The molecule has 0 saturated heterocycles. The summed E-state index contributed by atoms with van der Waals surface area (Å²) in [7, 11) is 3.20. The lowest BCUT2D eigenvalue weighted by Crippen LogP contribution is -1.90. The van der Waals surface area contributed by atoms with Gasteiger partial charge in [-0.3, -0.25) is 0 Å². The highest BCUT2D eigenvalue weighted by molar-refractivity contribution is 5.95. The van der Waals surface area contributed by atoms with E-state index >= 15 is 0 Å². The van der Waals surface area contributed by atoms with Crippen LogP contribution in [0.3, 0.4) is 0 Å². The molecule has 0 aliphatic rings. The molecule has 0 amide bonds. The fourth-order valence-electron chi connectivity index (χ4n) is 2.24. The monoisotopic (exact) mass is 270 g/mol. The standard InChI is InChI=1S/C16H14O4/c1-18-15-5-3-10(7-16(15)19-2)13-9-20-14-6-4-11(17)8-12(13)14/h3-9,17H,1-2H3. The molecule has 1 N–H and O–H groups in total. The van der Waals surface area contributed by atoms with Gasteiger partial charge in [0, 0.05) is 10.9 Å². The van der Waals surface area contributed by atoms with E-state index in [0.717, 1.165) is 22.1 Å². The van der Waals surface area contributed by atoms with Gasteiger partial charge in [0.05, 0.1) is 20.5 Å². The van der Waals surface area contributed by atoms with E-state index in [0.29, 0.717) is 11.5 Å². The number of hydrogen-bond donors (Lipinski definition) is 1. The Bertz CT molecular complexity index is 758. The number of furan rings is 1. The third-order valence-electron chi connectivity index (χ3n) is 3.25. The van der Waals surface area contributed by atoms with Crippen molar-refractivity contribution in [1.82, 2.24) is 0 Å². The Labute approximate surface area is 116 Å². The minimum atomic E-state index is 0.209. The average molecular weight is 270 g/mol. The van der Waals surface area contributed by atoms with E-state index in [2.05, 4.69) is 0 Å². The summed E-state index contributed by atoms with van der Waals surface area (Å²) in [5, 5.41) is 10.5. The highest BCUT2D eigenvalue weighted by Gasteiger charge is 2.12. The third-order valence-corrected chi connectivity index (χ3v) is 3.25. The van der Waals surface area contributed by atoms with Crippen LogP contribution in [0.4, 0.5) is 0 Å². The van der Waals surface area contributed by atoms with Crippen LogP contribution in [-0.2, 0) is 0 Å². The van der Waals surface area contributed by atoms with E-state index in [9.17, 15) is 5.11 Å². The molecular formula is C16H14O4. The van der Waals surface area contributed by atoms with E-state index in [4.69, 9.17) is 13.9 Å². The number of phenols is 1. The minimum Gasteiger partial charge on any atom is -0.508 e. The van der Waals surface area contributed by atoms with Crippen molar-refractivity contribution in [3.05, 3.63) is 42.7 Å². The molecule has 20 heavy (non-hydrogen) atoms. The summed E-state index contributed by atoms with van der Waals surface area (Å²) in [5.74, 6) is 1.53. The molecule has 0 saturated carbocycles. The number of aromatic hydroxyl groups is 1. The molecule has 0 aliphatic carbocycles. The summed E-state index contributed by atoms with van der Waals surface area (Å²) in [6, 6.07) is 10.7. The second kappa shape index (κ2) is 4.81. The van der Waals surface area contributed by atoms with Crippen LogP contribution in [0.15, 0.2) is 47.1 Å². The molecule has 0 spiro atoms. The summed E-state index contributed by atoms with van der Waals surface area (Å²) in [6.07, 6.45) is 1.67. The molecule has 3 rings (SSSR count). The lowest BCUT2D eigenvalue weighted by Gasteiger charge is -2.08. The topological polar surface area (TPSA) is 51.8 Å². The molecule has 0 atom stereocenters. The molecule has 1 heterocycles. The van der Waals surface area contributed by atoms with E-state index < -0.39 is 0 Å². The molecule has 0 aliphatic heterocycles. The normalized spacial score (nSPS) is 10.7. The van der Waals surface area contributed by atoms with Crippen LogP contribution in [0.1, 0.15) is 0 Å². The van der Waals surface area contributed by atoms with Gasteiger partial charge < -0.3 is 19.0 Å². The minimum absolute atomic E-state index is 0.209. The maximum absolute atomic E-state index is 9.62. The number of ether oxygens (including phenoxy) is 2. The van der Waals surface area contributed by atoms with Crippen molar-refractivity contribution in [2.24, 2.45) is 0 Å². The molecule has 0 fully saturated rings. The zero-order chi connectivity index (χ0) is 14.1. The van der Waals surface area contributed by atoms with Gasteiger partial charge in [-0.15, -0.1) is 0 Å². The fraction of sp³-hybridized carbons (Fsp3) is 0.125. The molecule has 1 aromatic heterocycles. The Morgan fingerprint density at radius 2 is 1.75 bits per heavy atom. The van der Waals surface area contributed by atoms with Crippen molar-refractivity contribution >= 4 is 11.0 Å². The third kappa shape index (κ3) is 1.95. The first-order chi connectivity index (χ1) is 9.72. The van der Waals surface area contributed by atoms with Gasteiger partial charge in [0.15, 0.2) is 11.5 Å². The number of phenolic OH excluding ortho intramolecular Hbond substituents is 1. The van der Waals surface area contributed by atoms with Crippen molar-refractivity contribution in [1.29, 1.82) is 0 Å². The fourth-order valence-corrected chi connectivity index (χ4v) is 2.24. The largest absolute Gasteiger partial charge is 0.508 e. The summed E-state index contributed by atoms with van der Waals surface area (Å²) in [4.78, 5) is 0. The van der Waals surface area contributed by atoms with Crippen molar-refractivity contribution in [3.8, 4) is 28.4 Å². The predicted octanol–water partition coefficient (Wildman–Crippen LogP) is 3.82. The number of fused-ring (bicyclic) bond motifs is 1. The second-order valence-electron chi connectivity index (χ2n) is 4.40. The van der Waals surface area contributed by atoms with E-state index in [1.54, 1.807) is 38.7 Å². The molecular weight excluding hydrogens is 256 g/mol. The molecule has 0 radical (unpaired) electrons. The van der Waals surface area contributed by atoms with E-state index in [1.807, 2.05) is 18.2 Å². The van der Waals surface area contributed by atoms with Gasteiger partial charge in [0.1, 0.15) is 11.3 Å². The molecule has 3 aromatic rings. The Kier molecular flexibility index (Phi) is 2.99. The Morgan fingerprint density at radius 1 is 0.950 bits per heavy atom. The lowest BCUT2D eigenvalue weighted by molar-refractivity contribution is 0.355. The van der Waals surface area contributed by atoms with Gasteiger partial charge >= 0.3 is 0 Å². The van der Waals surface area contributed by atoms with Gasteiger partial charge in [-0.25, -0.2) is 0 Å². The smallest absolute Gasteiger partial charge is 0.161 e. The average Bonchev–Trinajstić information content (AvgIpc) is 2.89. The van der Waals surface area contributed by atoms with Crippen molar-refractivity contribution in [2.75, 3.05) is 14.2 Å². The SMILES string of the molecule is COc1ccc(-c2coc3ccc(O)cc23)cc1OC. The van der Waals surface area contributed by atoms with Crippen LogP contribution in [0.5, 0.6) is 17.2 Å². The zero-order valence-corrected chi connectivity index (χ0v) is 11.2. The van der Waals surface area contributed by atoms with Gasteiger partial charge in [-0.05, 0) is 35.9 Å². The zero-order valence-electron chi connectivity index (χ0n) is 11.2. The van der Waals surface area contributed by atoms with Crippen LogP contribution in [0, 0.1) is 0 Å². The molecule has 0 unspecified atom stereocenters. The van der Waals surface area contributed by atoms with Crippen LogP contribution in [0.25, 0.3) is 22.1 Å². The van der Waals surface area contributed by atoms with E-state index in [-0.39, 0.29) is 5.75 Å². The maximum atomic E-state index is 9.62. The van der Waals surface area contributed by atoms with Crippen LogP contribution < -0.4 is 9.47 Å². The van der Waals surface area contributed by atoms with Gasteiger partial charge in [0.2, 0.25) is 0 Å². The maximum Gasteiger partial charge on any atom is 0.161 e. The lowest BCUT2D eigenvalue weighted by atomic mass is 10.0. The first-order valence-corrected chi connectivity index (χ1v) is 6.15. The molecule has 4 heteroatoms. The van der Waals surface area contributed by atoms with E-state index in [1.165, 1.54) is 0 Å². The number of rotatable bonds is 3. The second-order valence-corrected chi connectivity index (χ2v) is 4.40. The van der Waals surface area contributed by atoms with Gasteiger partial charge in [-0.2, -0.15) is 0 Å². The Balaban J connectivity index is 2.18. The Hall–Kier alpha value is -2.62. The molecule has 0 bridgehead atoms. The molecule has 2 aromatic carbocycles. The van der Waals surface area contributed by atoms with Crippen LogP contribution >= 0.6 is 0 Å². The number of methoxy groups -OCH3 is 2. The summed E-state index contributed by atoms with van der Waals surface area (Å²) in [6.45, 7) is 0. The highest BCUT2D eigenvalue weighted by atomic mass is 16.5. The highest BCUT2D eigenvalue weighted by Crippen LogP contribution is 2.37. The van der Waals surface area contributed by atoms with Crippen LogP contribution in [-0.4, -0.2) is 19.3 Å². The molecule has 4 nitrogen and oxygen atoms in total. The van der Waals surface area contributed by atoms with Crippen molar-refractivity contribution < 1.29 is 19.0 Å². The first kappa shape index (κ1) is 12.4. The Morgan fingerprint density at radius 3 is 2.50 bits per heavy atom. The summed E-state index contributed by atoms with van der Waals surface area (Å²) in [5.41, 5.74) is 2.57. The number of benzene rings is 2. The first-order valence-electron chi connectivity index (χ1n) is 6.15. The quantitative estimate of drug-likeness (QED) is 0.786. The van der Waals surface area contributed by atoms with Gasteiger partial charge in [-0.1, -0.05) is 6.07 Å². The predicted molar refractivity (Wildman–Crippen MR) is 76.4 cm³/mol. The summed E-state index contributed by atoms with van der Waals surface area (Å²) < 4.78 is 16.0. The van der Waals surface area contributed by atoms with Gasteiger partial charge in [0.25, 0.3) is 0 Å².